The lowest BCUT2D eigenvalue weighted by Gasteiger charge is -2.63. The van der Waals surface area contributed by atoms with Gasteiger partial charge in [-0.1, -0.05) is 40.7 Å². The third-order valence-electron chi connectivity index (χ3n) is 13.2. The first-order chi connectivity index (χ1) is 17.9. The molecule has 5 aliphatic carbocycles. The smallest absolute Gasteiger partial charge is 0.410 e. The Morgan fingerprint density at radius 2 is 1.59 bits per heavy atom. The molecule has 4 fully saturated rings. The number of ether oxygens (including phenoxy) is 2. The summed E-state index contributed by atoms with van der Waals surface area (Å²) in [5.41, 5.74) is 0.847. The number of hydrogen-bond acceptors (Lipinski definition) is 5. The third kappa shape index (κ3) is 3.60. The van der Waals surface area contributed by atoms with Crippen molar-refractivity contribution < 1.29 is 23.9 Å². The Morgan fingerprint density at radius 3 is 2.21 bits per heavy atom. The van der Waals surface area contributed by atoms with Crippen molar-refractivity contribution in [3.8, 4) is 0 Å². The Bertz CT molecular complexity index is 1120. The minimum atomic E-state index is -0.504. The van der Waals surface area contributed by atoms with Crippen molar-refractivity contribution in [2.45, 2.75) is 119 Å². The lowest BCUT2D eigenvalue weighted by atomic mass is 9.42. The third-order valence-corrected chi connectivity index (χ3v) is 13.2. The molecule has 5 rings (SSSR count). The topological polar surface area (TPSA) is 72.9 Å². The molecule has 0 saturated heterocycles. The number of amides is 1. The van der Waals surface area contributed by atoms with Gasteiger partial charge in [0.25, 0.3) is 0 Å². The monoisotopic (exact) mass is 541 g/mol. The van der Waals surface area contributed by atoms with Crippen LogP contribution in [0.15, 0.2) is 11.6 Å². The fraction of sp³-hybridized carbons (Fsp3) is 0.848. The second kappa shape index (κ2) is 8.58. The maximum atomic E-state index is 13.2. The van der Waals surface area contributed by atoms with Crippen LogP contribution in [0.3, 0.4) is 0 Å². The number of allylic oxidation sites excluding steroid dienone is 1. The van der Waals surface area contributed by atoms with Crippen molar-refractivity contribution in [3.63, 3.8) is 0 Å². The van der Waals surface area contributed by atoms with E-state index in [2.05, 4.69) is 40.7 Å². The molecule has 0 aliphatic heterocycles. The first kappa shape index (κ1) is 28.7. The summed E-state index contributed by atoms with van der Waals surface area (Å²) in [5, 5.41) is 0. The zero-order valence-corrected chi connectivity index (χ0v) is 26.0. The van der Waals surface area contributed by atoms with E-state index in [-0.39, 0.29) is 40.8 Å². The van der Waals surface area contributed by atoms with Gasteiger partial charge in [0.15, 0.2) is 12.4 Å². The van der Waals surface area contributed by atoms with E-state index in [0.29, 0.717) is 28.6 Å². The zero-order chi connectivity index (χ0) is 29.0. The quantitative estimate of drug-likeness (QED) is 0.360. The van der Waals surface area contributed by atoms with Gasteiger partial charge in [0, 0.05) is 31.0 Å². The van der Waals surface area contributed by atoms with Gasteiger partial charge < -0.3 is 14.4 Å². The minimum absolute atomic E-state index is 0.00658. The number of carbonyl (C=O) groups excluding carboxylic acids is 3. The largest absolute Gasteiger partial charge is 0.457 e. The molecular formula is C33H51NO5. The van der Waals surface area contributed by atoms with Gasteiger partial charge in [-0.2, -0.15) is 0 Å². The Kier molecular flexibility index (Phi) is 6.31. The van der Waals surface area contributed by atoms with Gasteiger partial charge in [0.05, 0.1) is 0 Å². The van der Waals surface area contributed by atoms with E-state index in [4.69, 9.17) is 9.47 Å². The second-order valence-electron chi connectivity index (χ2n) is 15.7. The predicted octanol–water partition coefficient (Wildman–Crippen LogP) is 6.96. The summed E-state index contributed by atoms with van der Waals surface area (Å²) < 4.78 is 10.9. The van der Waals surface area contributed by atoms with Gasteiger partial charge >= 0.3 is 12.1 Å². The Morgan fingerprint density at radius 1 is 0.974 bits per heavy atom. The molecule has 5 aliphatic rings. The van der Waals surface area contributed by atoms with E-state index in [1.165, 1.54) is 19.8 Å². The summed E-state index contributed by atoms with van der Waals surface area (Å²) >= 11 is 0. The van der Waals surface area contributed by atoms with Gasteiger partial charge in [-0.15, -0.1) is 0 Å². The molecule has 0 aromatic heterocycles. The molecule has 6 nitrogen and oxygen atoms in total. The molecule has 0 bridgehead atoms. The normalized spacial score (nSPS) is 43.6. The first-order valence-corrected chi connectivity index (χ1v) is 15.2. The Balaban J connectivity index is 1.41. The highest BCUT2D eigenvalue weighted by atomic mass is 16.6. The molecule has 0 radical (unpaired) electrons. The number of esters is 1. The van der Waals surface area contributed by atoms with E-state index in [1.54, 1.807) is 0 Å². The van der Waals surface area contributed by atoms with Gasteiger partial charge in [0.1, 0.15) is 5.60 Å². The zero-order valence-electron chi connectivity index (χ0n) is 26.0. The van der Waals surface area contributed by atoms with Crippen LogP contribution in [0.4, 0.5) is 4.79 Å². The number of nitrogens with zero attached hydrogens (tertiary/aromatic N) is 1. The molecule has 0 N–H and O–H groups in total. The Hall–Kier alpha value is -1.85. The van der Waals surface area contributed by atoms with Crippen LogP contribution in [-0.4, -0.2) is 48.0 Å². The summed E-state index contributed by atoms with van der Waals surface area (Å²) in [6, 6.07) is 0.160. The van der Waals surface area contributed by atoms with Gasteiger partial charge in [-0.05, 0) is 105 Å². The standard InChI is InChI=1S/C33H51NO5/c1-20-32-16-14-26(34(10)27(37)39-28(3,4)5)29(6,7)24(32)11-12-25-31(9)15-13-22(23(36)19-38-21(2)35)30(31,8)17-18-33(20,25)32/h13,20,24-26H,11-12,14-19H2,1-10H3/t20-,24+,25+,26+,30-,31+,32-,33+/m1/s1. The molecule has 2 spiro atoms. The Labute approximate surface area is 235 Å². The van der Waals surface area contributed by atoms with Crippen LogP contribution in [0, 0.1) is 44.8 Å². The van der Waals surface area contributed by atoms with Crippen molar-refractivity contribution in [2.75, 3.05) is 13.7 Å². The molecular weight excluding hydrogens is 490 g/mol. The predicted molar refractivity (Wildman–Crippen MR) is 151 cm³/mol. The van der Waals surface area contributed by atoms with Crippen LogP contribution in [-0.2, 0) is 19.1 Å². The maximum absolute atomic E-state index is 13.2. The number of rotatable bonds is 4. The molecule has 0 unspecified atom stereocenters. The van der Waals surface area contributed by atoms with Crippen molar-refractivity contribution in [1.29, 1.82) is 0 Å². The van der Waals surface area contributed by atoms with Crippen LogP contribution in [0.25, 0.3) is 0 Å². The molecule has 0 aromatic rings. The van der Waals surface area contributed by atoms with E-state index in [1.807, 2.05) is 32.7 Å². The number of ketones is 1. The molecule has 218 valence electrons. The summed E-state index contributed by atoms with van der Waals surface area (Å²) in [6.07, 6.45) is 9.59. The summed E-state index contributed by atoms with van der Waals surface area (Å²) in [4.78, 5) is 39.6. The maximum Gasteiger partial charge on any atom is 0.410 e. The van der Waals surface area contributed by atoms with Gasteiger partial charge in [0.2, 0.25) is 0 Å². The average Bonchev–Trinajstić information content (AvgIpc) is 3.21. The average molecular weight is 542 g/mol. The highest BCUT2D eigenvalue weighted by Crippen LogP contribution is 2.91. The number of carbonyl (C=O) groups is 3. The SMILES string of the molecule is CC(=O)OCC(=O)C1=CC[C@@]2(C)[C@@H]3CC[C@H]4C(C)(C)[C@@H](N(C)C(=O)OC(C)(C)C)CC[C@@]45[C@@H](C)[C@@]35CC[C@]12C. The highest BCUT2D eigenvalue weighted by Gasteiger charge is 2.85. The molecule has 0 aromatic carbocycles. The molecule has 8 atom stereocenters. The molecule has 39 heavy (non-hydrogen) atoms. The second-order valence-corrected chi connectivity index (χ2v) is 15.7. The molecule has 1 amide bonds. The van der Waals surface area contributed by atoms with Crippen LogP contribution >= 0.6 is 0 Å². The highest BCUT2D eigenvalue weighted by molar-refractivity contribution is 5.99. The van der Waals surface area contributed by atoms with E-state index in [9.17, 15) is 14.4 Å². The lowest BCUT2D eigenvalue weighted by Crippen LogP contribution is -2.60. The van der Waals surface area contributed by atoms with Gasteiger partial charge in [-0.25, -0.2) is 4.79 Å². The number of Topliss-reactive ketones (excluding diaryl/α,β-unsaturated/α-hetero) is 1. The van der Waals surface area contributed by atoms with Gasteiger partial charge in [-0.3, -0.25) is 9.59 Å². The van der Waals surface area contributed by atoms with E-state index < -0.39 is 11.6 Å². The first-order valence-electron chi connectivity index (χ1n) is 15.2. The fourth-order valence-electron chi connectivity index (χ4n) is 11.4. The lowest BCUT2D eigenvalue weighted by molar-refractivity contribution is -0.148. The number of fused-ring (bicyclic) bond motifs is 2. The molecule has 0 heterocycles. The molecule has 6 heteroatoms. The van der Waals surface area contributed by atoms with Crippen LogP contribution in [0.2, 0.25) is 0 Å². The molecule has 4 saturated carbocycles. The van der Waals surface area contributed by atoms with Crippen LogP contribution in [0.5, 0.6) is 0 Å². The number of hydrogen-bond donors (Lipinski definition) is 0. The minimum Gasteiger partial charge on any atom is -0.457 e. The van der Waals surface area contributed by atoms with E-state index >= 15 is 0 Å². The van der Waals surface area contributed by atoms with E-state index in [0.717, 1.165) is 37.7 Å². The fourth-order valence-corrected chi connectivity index (χ4v) is 11.4. The van der Waals surface area contributed by atoms with Crippen molar-refractivity contribution >= 4 is 17.8 Å². The summed E-state index contributed by atoms with van der Waals surface area (Å²) in [5.74, 6) is 1.36. The van der Waals surface area contributed by atoms with Crippen molar-refractivity contribution in [3.05, 3.63) is 11.6 Å². The van der Waals surface area contributed by atoms with Crippen LogP contribution in [0.1, 0.15) is 107 Å². The summed E-state index contributed by atoms with van der Waals surface area (Å²) in [6.45, 7) is 19.1. The van der Waals surface area contributed by atoms with Crippen molar-refractivity contribution in [1.82, 2.24) is 4.90 Å². The van der Waals surface area contributed by atoms with Crippen LogP contribution < -0.4 is 0 Å². The summed E-state index contributed by atoms with van der Waals surface area (Å²) in [7, 11) is 1.93. The van der Waals surface area contributed by atoms with Crippen molar-refractivity contribution in [2.24, 2.45) is 44.8 Å².